The summed E-state index contributed by atoms with van der Waals surface area (Å²) >= 11 is 5.92. The van der Waals surface area contributed by atoms with Crippen molar-refractivity contribution in [1.82, 2.24) is 14.5 Å². The van der Waals surface area contributed by atoms with Gasteiger partial charge in [-0.05, 0) is 62.1 Å². The van der Waals surface area contributed by atoms with E-state index in [-0.39, 0.29) is 11.8 Å². The van der Waals surface area contributed by atoms with Gasteiger partial charge in [-0.3, -0.25) is 4.79 Å². The lowest BCUT2D eigenvalue weighted by Gasteiger charge is -2.16. The summed E-state index contributed by atoms with van der Waals surface area (Å²) in [6.07, 6.45) is 4.84. The maximum absolute atomic E-state index is 12.5. The van der Waals surface area contributed by atoms with Gasteiger partial charge in [0, 0.05) is 36.5 Å². The Hall–Kier alpha value is -2.53. The fourth-order valence-corrected chi connectivity index (χ4v) is 4.50. The molecule has 5 rings (SSSR count). The highest BCUT2D eigenvalue weighted by Gasteiger charge is 2.41. The molecule has 1 aliphatic carbocycles. The average molecular weight is 424 g/mol. The average Bonchev–Trinajstić information content (AvgIpc) is 3.43. The Morgan fingerprint density at radius 2 is 1.87 bits per heavy atom. The molecule has 1 aromatic heterocycles. The number of fused-ring (bicyclic) bond motifs is 1. The van der Waals surface area contributed by atoms with Crippen molar-refractivity contribution in [3.05, 3.63) is 59.4 Å². The van der Waals surface area contributed by atoms with Crippen molar-refractivity contribution in [2.75, 3.05) is 13.2 Å². The van der Waals surface area contributed by atoms with E-state index in [0.29, 0.717) is 24.1 Å². The first-order valence-corrected chi connectivity index (χ1v) is 11.2. The number of hydrogen-bond donors (Lipinski definition) is 0. The SMILES string of the molecule is O=C1CC(c2nc3ccccc3n2CCCCOc2ccc(Cl)cc2)CN1C1CC1. The number of carbonyl (C=O) groups is 1. The molecule has 0 bridgehead atoms. The largest absolute Gasteiger partial charge is 0.494 e. The zero-order valence-corrected chi connectivity index (χ0v) is 17.7. The van der Waals surface area contributed by atoms with Crippen molar-refractivity contribution >= 4 is 28.5 Å². The van der Waals surface area contributed by atoms with Crippen molar-refractivity contribution in [1.29, 1.82) is 0 Å². The predicted octanol–water partition coefficient (Wildman–Crippen LogP) is 5.03. The molecule has 1 atom stereocenters. The summed E-state index contributed by atoms with van der Waals surface area (Å²) in [6, 6.07) is 16.2. The molecular formula is C24H26ClN3O2. The van der Waals surface area contributed by atoms with Crippen LogP contribution in [0.5, 0.6) is 5.75 Å². The van der Waals surface area contributed by atoms with Gasteiger partial charge in [0.15, 0.2) is 0 Å². The monoisotopic (exact) mass is 423 g/mol. The number of ether oxygens (including phenoxy) is 1. The number of carbonyl (C=O) groups excluding carboxylic acids is 1. The van der Waals surface area contributed by atoms with Crippen molar-refractivity contribution in [2.45, 2.75) is 50.6 Å². The fraction of sp³-hybridized carbons (Fsp3) is 0.417. The van der Waals surface area contributed by atoms with Crippen LogP contribution in [0.15, 0.2) is 48.5 Å². The Morgan fingerprint density at radius 1 is 1.07 bits per heavy atom. The highest BCUT2D eigenvalue weighted by atomic mass is 35.5. The number of imidazole rings is 1. The first-order valence-electron chi connectivity index (χ1n) is 10.8. The van der Waals surface area contributed by atoms with E-state index < -0.39 is 0 Å². The number of halogens is 1. The number of aryl methyl sites for hydroxylation is 1. The van der Waals surface area contributed by atoms with E-state index in [9.17, 15) is 4.79 Å². The molecule has 2 aromatic carbocycles. The van der Waals surface area contributed by atoms with Gasteiger partial charge >= 0.3 is 0 Å². The van der Waals surface area contributed by atoms with Crippen LogP contribution in [-0.2, 0) is 11.3 Å². The lowest BCUT2D eigenvalue weighted by molar-refractivity contribution is -0.128. The summed E-state index contributed by atoms with van der Waals surface area (Å²) < 4.78 is 8.15. The third-order valence-corrected chi connectivity index (χ3v) is 6.31. The lowest BCUT2D eigenvalue weighted by atomic mass is 10.1. The number of unbranched alkanes of at least 4 members (excludes halogenated alkanes) is 1. The van der Waals surface area contributed by atoms with Crippen LogP contribution in [0, 0.1) is 0 Å². The van der Waals surface area contributed by atoms with Crippen LogP contribution >= 0.6 is 11.6 Å². The number of hydrogen-bond acceptors (Lipinski definition) is 3. The van der Waals surface area contributed by atoms with Gasteiger partial charge in [-0.25, -0.2) is 4.98 Å². The summed E-state index contributed by atoms with van der Waals surface area (Å²) in [4.78, 5) is 19.5. The highest BCUT2D eigenvalue weighted by molar-refractivity contribution is 6.30. The van der Waals surface area contributed by atoms with Crippen LogP contribution in [0.2, 0.25) is 5.02 Å². The number of para-hydroxylation sites is 2. The molecule has 0 radical (unpaired) electrons. The summed E-state index contributed by atoms with van der Waals surface area (Å²) in [5, 5.41) is 0.715. The van der Waals surface area contributed by atoms with Crippen LogP contribution in [0.1, 0.15) is 43.8 Å². The number of benzene rings is 2. The molecule has 5 nitrogen and oxygen atoms in total. The predicted molar refractivity (Wildman–Crippen MR) is 118 cm³/mol. The van der Waals surface area contributed by atoms with Gasteiger partial charge in [-0.15, -0.1) is 0 Å². The maximum atomic E-state index is 12.5. The summed E-state index contributed by atoms with van der Waals surface area (Å²) in [5.41, 5.74) is 2.17. The Bertz CT molecular complexity index is 1040. The van der Waals surface area contributed by atoms with E-state index in [4.69, 9.17) is 21.3 Å². The Morgan fingerprint density at radius 3 is 2.67 bits per heavy atom. The molecule has 2 aliphatic rings. The standard InChI is InChI=1S/C24H26ClN3O2/c25-18-7-11-20(12-8-18)30-14-4-3-13-27-22-6-2-1-5-21(22)26-24(27)17-15-23(29)28(16-17)19-9-10-19/h1-2,5-8,11-12,17,19H,3-4,9-10,13-16H2. The van der Waals surface area contributed by atoms with E-state index in [0.717, 1.165) is 61.4 Å². The summed E-state index contributed by atoms with van der Waals surface area (Å²) in [6.45, 7) is 2.36. The fourth-order valence-electron chi connectivity index (χ4n) is 4.38. The van der Waals surface area contributed by atoms with Crippen LogP contribution < -0.4 is 4.74 Å². The quantitative estimate of drug-likeness (QED) is 0.477. The maximum Gasteiger partial charge on any atom is 0.223 e. The summed E-state index contributed by atoms with van der Waals surface area (Å²) in [5.74, 6) is 2.39. The first-order chi connectivity index (χ1) is 14.7. The molecule has 30 heavy (non-hydrogen) atoms. The smallest absolute Gasteiger partial charge is 0.223 e. The topological polar surface area (TPSA) is 47.4 Å². The Balaban J connectivity index is 1.25. The molecule has 3 aromatic rings. The number of amides is 1. The third-order valence-electron chi connectivity index (χ3n) is 6.05. The van der Waals surface area contributed by atoms with Gasteiger partial charge < -0.3 is 14.2 Å². The minimum Gasteiger partial charge on any atom is -0.494 e. The summed E-state index contributed by atoms with van der Waals surface area (Å²) in [7, 11) is 0. The number of nitrogens with zero attached hydrogens (tertiary/aromatic N) is 3. The van der Waals surface area contributed by atoms with Crippen LogP contribution in [0.25, 0.3) is 11.0 Å². The second-order valence-corrected chi connectivity index (χ2v) is 8.73. The van der Waals surface area contributed by atoms with Crippen molar-refractivity contribution in [3.8, 4) is 5.75 Å². The normalized spacial score (nSPS) is 19.0. The van der Waals surface area contributed by atoms with Gasteiger partial charge in [-0.1, -0.05) is 23.7 Å². The van der Waals surface area contributed by atoms with E-state index >= 15 is 0 Å². The molecule has 0 spiro atoms. The van der Waals surface area contributed by atoms with Gasteiger partial charge in [0.25, 0.3) is 0 Å². The van der Waals surface area contributed by atoms with Crippen molar-refractivity contribution < 1.29 is 9.53 Å². The number of likely N-dealkylation sites (tertiary alicyclic amines) is 1. The first kappa shape index (κ1) is 19.4. The lowest BCUT2D eigenvalue weighted by Crippen LogP contribution is -2.27. The zero-order valence-electron chi connectivity index (χ0n) is 17.0. The highest BCUT2D eigenvalue weighted by Crippen LogP contribution is 2.37. The van der Waals surface area contributed by atoms with Gasteiger partial charge in [0.05, 0.1) is 17.6 Å². The molecule has 1 saturated carbocycles. The van der Waals surface area contributed by atoms with Crippen LogP contribution in [0.4, 0.5) is 0 Å². The number of aromatic nitrogens is 2. The van der Waals surface area contributed by atoms with E-state index in [1.807, 2.05) is 30.3 Å². The van der Waals surface area contributed by atoms with Gasteiger partial charge in [0.2, 0.25) is 5.91 Å². The zero-order chi connectivity index (χ0) is 20.5. The molecule has 0 N–H and O–H groups in total. The molecule has 1 unspecified atom stereocenters. The van der Waals surface area contributed by atoms with Gasteiger partial charge in [0.1, 0.15) is 11.6 Å². The molecule has 1 aliphatic heterocycles. The van der Waals surface area contributed by atoms with Crippen molar-refractivity contribution in [2.24, 2.45) is 0 Å². The van der Waals surface area contributed by atoms with E-state index in [1.165, 1.54) is 0 Å². The number of rotatable bonds is 8. The Labute approximate surface area is 181 Å². The molecule has 1 saturated heterocycles. The van der Waals surface area contributed by atoms with Crippen LogP contribution in [0.3, 0.4) is 0 Å². The second-order valence-electron chi connectivity index (χ2n) is 8.30. The molecule has 2 fully saturated rings. The third kappa shape index (κ3) is 4.04. The van der Waals surface area contributed by atoms with E-state index in [1.54, 1.807) is 0 Å². The van der Waals surface area contributed by atoms with Gasteiger partial charge in [-0.2, -0.15) is 0 Å². The molecule has 1 amide bonds. The molecular weight excluding hydrogens is 398 g/mol. The Kier molecular flexibility index (Phi) is 5.38. The molecule has 156 valence electrons. The van der Waals surface area contributed by atoms with Crippen molar-refractivity contribution in [3.63, 3.8) is 0 Å². The molecule has 2 heterocycles. The van der Waals surface area contributed by atoms with E-state index in [2.05, 4.69) is 27.7 Å². The van der Waals surface area contributed by atoms with Crippen LogP contribution in [-0.4, -0.2) is 39.6 Å². The second kappa shape index (κ2) is 8.31. The minimum atomic E-state index is 0.191. The molecule has 6 heteroatoms. The minimum absolute atomic E-state index is 0.191.